The number of anilines is 1. The van der Waals surface area contributed by atoms with Gasteiger partial charge in [0.25, 0.3) is 5.91 Å². The Morgan fingerprint density at radius 2 is 2.00 bits per heavy atom. The average molecular weight is 378 g/mol. The van der Waals surface area contributed by atoms with E-state index in [2.05, 4.69) is 5.32 Å². The number of fused-ring (bicyclic) bond motifs is 1. The maximum absolute atomic E-state index is 12.5. The van der Waals surface area contributed by atoms with Crippen LogP contribution in [0.1, 0.15) is 35.7 Å². The highest BCUT2D eigenvalue weighted by atomic mass is 16.3. The van der Waals surface area contributed by atoms with Gasteiger partial charge in [-0.05, 0) is 30.3 Å². The lowest BCUT2D eigenvalue weighted by Crippen LogP contribution is -2.35. The van der Waals surface area contributed by atoms with Crippen molar-refractivity contribution in [3.05, 3.63) is 65.8 Å². The molecule has 0 unspecified atom stereocenters. The predicted octanol–water partition coefficient (Wildman–Crippen LogP) is 4.33. The summed E-state index contributed by atoms with van der Waals surface area (Å²) in [7, 11) is 0. The van der Waals surface area contributed by atoms with E-state index in [0.29, 0.717) is 25.3 Å². The van der Waals surface area contributed by atoms with Crippen molar-refractivity contribution in [1.82, 2.24) is 4.90 Å². The van der Waals surface area contributed by atoms with Crippen LogP contribution in [0.4, 0.5) is 5.69 Å². The molecule has 6 heteroatoms. The van der Waals surface area contributed by atoms with E-state index in [0.717, 1.165) is 28.3 Å². The summed E-state index contributed by atoms with van der Waals surface area (Å²) >= 11 is 0. The Kier molecular flexibility index (Phi) is 4.77. The molecule has 1 aliphatic rings. The van der Waals surface area contributed by atoms with E-state index < -0.39 is 0 Å². The van der Waals surface area contributed by atoms with Crippen molar-refractivity contribution in [2.75, 3.05) is 11.9 Å². The highest BCUT2D eigenvalue weighted by Gasteiger charge is 2.26. The first-order valence-electron chi connectivity index (χ1n) is 9.37. The summed E-state index contributed by atoms with van der Waals surface area (Å²) < 4.78 is 11.3. The SMILES string of the molecule is CC(C)C(=O)Nc1cccc(-c2cc3c(o2)CCN(C(=O)c2ccco2)C3)c1. The second kappa shape index (κ2) is 7.38. The molecule has 28 heavy (non-hydrogen) atoms. The molecule has 1 aliphatic heterocycles. The van der Waals surface area contributed by atoms with Crippen molar-refractivity contribution < 1.29 is 18.4 Å². The third kappa shape index (κ3) is 3.58. The van der Waals surface area contributed by atoms with Crippen molar-refractivity contribution in [3.8, 4) is 11.3 Å². The largest absolute Gasteiger partial charge is 0.461 e. The number of hydrogen-bond donors (Lipinski definition) is 1. The van der Waals surface area contributed by atoms with Crippen LogP contribution in [0.5, 0.6) is 0 Å². The van der Waals surface area contributed by atoms with Crippen molar-refractivity contribution in [1.29, 1.82) is 0 Å². The first-order chi connectivity index (χ1) is 13.5. The molecule has 2 aromatic heterocycles. The molecule has 0 saturated carbocycles. The van der Waals surface area contributed by atoms with Gasteiger partial charge in [0.15, 0.2) is 5.76 Å². The molecule has 0 bridgehead atoms. The molecule has 0 saturated heterocycles. The van der Waals surface area contributed by atoms with E-state index >= 15 is 0 Å². The van der Waals surface area contributed by atoms with Crippen molar-refractivity contribution in [3.63, 3.8) is 0 Å². The predicted molar refractivity (Wildman–Crippen MR) is 105 cm³/mol. The average Bonchev–Trinajstić information content (AvgIpc) is 3.36. The van der Waals surface area contributed by atoms with Crippen molar-refractivity contribution in [2.24, 2.45) is 5.92 Å². The first-order valence-corrected chi connectivity index (χ1v) is 9.37. The van der Waals surface area contributed by atoms with Gasteiger partial charge < -0.3 is 19.1 Å². The van der Waals surface area contributed by atoms with Gasteiger partial charge in [-0.25, -0.2) is 0 Å². The third-order valence-corrected chi connectivity index (χ3v) is 4.82. The van der Waals surface area contributed by atoms with Gasteiger partial charge in [0.05, 0.1) is 6.26 Å². The summed E-state index contributed by atoms with van der Waals surface area (Å²) in [5.41, 5.74) is 2.62. The minimum absolute atomic E-state index is 0.0250. The molecule has 0 aliphatic carbocycles. The van der Waals surface area contributed by atoms with Crippen LogP contribution in [0, 0.1) is 5.92 Å². The molecule has 1 aromatic carbocycles. The Morgan fingerprint density at radius 3 is 2.75 bits per heavy atom. The zero-order valence-corrected chi connectivity index (χ0v) is 15.9. The molecule has 2 amide bonds. The monoisotopic (exact) mass is 378 g/mol. The maximum atomic E-state index is 12.5. The van der Waals surface area contributed by atoms with Crippen LogP contribution >= 0.6 is 0 Å². The molecule has 0 spiro atoms. The Balaban J connectivity index is 1.53. The Labute approximate surface area is 163 Å². The summed E-state index contributed by atoms with van der Waals surface area (Å²) in [6.07, 6.45) is 2.16. The lowest BCUT2D eigenvalue weighted by molar-refractivity contribution is -0.118. The quantitative estimate of drug-likeness (QED) is 0.733. The molecule has 4 rings (SSSR count). The summed E-state index contributed by atoms with van der Waals surface area (Å²) in [6.45, 7) is 4.79. The lowest BCUT2D eigenvalue weighted by Gasteiger charge is -2.25. The van der Waals surface area contributed by atoms with Crippen molar-refractivity contribution >= 4 is 17.5 Å². The zero-order chi connectivity index (χ0) is 19.7. The lowest BCUT2D eigenvalue weighted by atomic mass is 10.1. The van der Waals surface area contributed by atoms with Gasteiger partial charge in [-0.3, -0.25) is 9.59 Å². The number of rotatable bonds is 4. The van der Waals surface area contributed by atoms with Crippen LogP contribution in [0.15, 0.2) is 57.6 Å². The van der Waals surface area contributed by atoms with Gasteiger partial charge in [-0.2, -0.15) is 0 Å². The van der Waals surface area contributed by atoms with Gasteiger partial charge in [0.2, 0.25) is 5.91 Å². The minimum Gasteiger partial charge on any atom is -0.461 e. The normalized spacial score (nSPS) is 13.5. The molecule has 0 fully saturated rings. The molecular formula is C22H22N2O4. The van der Waals surface area contributed by atoms with Gasteiger partial charge in [0, 0.05) is 42.2 Å². The number of hydrogen-bond acceptors (Lipinski definition) is 4. The van der Waals surface area contributed by atoms with Crippen LogP contribution in [-0.4, -0.2) is 23.3 Å². The van der Waals surface area contributed by atoms with Crippen LogP contribution in [-0.2, 0) is 17.8 Å². The standard InChI is InChI=1S/C22H22N2O4/c1-14(2)21(25)23-17-6-3-5-15(11-17)20-12-16-13-24(9-8-18(16)28-20)22(26)19-7-4-10-27-19/h3-7,10-12,14H,8-9,13H2,1-2H3,(H,23,25). The van der Waals surface area contributed by atoms with Crippen LogP contribution in [0.25, 0.3) is 11.3 Å². The molecular weight excluding hydrogens is 356 g/mol. The second-order valence-corrected chi connectivity index (χ2v) is 7.24. The van der Waals surface area contributed by atoms with E-state index in [1.165, 1.54) is 6.26 Å². The second-order valence-electron chi connectivity index (χ2n) is 7.24. The molecule has 0 atom stereocenters. The van der Waals surface area contributed by atoms with Crippen LogP contribution in [0.2, 0.25) is 0 Å². The highest BCUT2D eigenvalue weighted by molar-refractivity contribution is 5.93. The molecule has 144 valence electrons. The topological polar surface area (TPSA) is 75.7 Å². The number of furan rings is 2. The molecule has 6 nitrogen and oxygen atoms in total. The Morgan fingerprint density at radius 1 is 1.14 bits per heavy atom. The fourth-order valence-electron chi connectivity index (χ4n) is 3.24. The molecule has 3 heterocycles. The third-order valence-electron chi connectivity index (χ3n) is 4.82. The van der Waals surface area contributed by atoms with Crippen LogP contribution < -0.4 is 5.32 Å². The Hall–Kier alpha value is -3.28. The summed E-state index contributed by atoms with van der Waals surface area (Å²) in [4.78, 5) is 26.2. The summed E-state index contributed by atoms with van der Waals surface area (Å²) in [5.74, 6) is 1.76. The van der Waals surface area contributed by atoms with E-state index in [1.807, 2.05) is 44.2 Å². The highest BCUT2D eigenvalue weighted by Crippen LogP contribution is 2.31. The maximum Gasteiger partial charge on any atom is 0.289 e. The molecule has 1 N–H and O–H groups in total. The van der Waals surface area contributed by atoms with E-state index in [4.69, 9.17) is 8.83 Å². The van der Waals surface area contributed by atoms with E-state index in [1.54, 1.807) is 17.0 Å². The van der Waals surface area contributed by atoms with E-state index in [9.17, 15) is 9.59 Å². The summed E-state index contributed by atoms with van der Waals surface area (Å²) in [5, 5.41) is 2.91. The zero-order valence-electron chi connectivity index (χ0n) is 15.9. The first kappa shape index (κ1) is 18.1. The fourth-order valence-corrected chi connectivity index (χ4v) is 3.24. The van der Waals surface area contributed by atoms with Crippen LogP contribution in [0.3, 0.4) is 0 Å². The number of amides is 2. The van der Waals surface area contributed by atoms with Crippen molar-refractivity contribution in [2.45, 2.75) is 26.8 Å². The number of benzene rings is 1. The smallest absolute Gasteiger partial charge is 0.289 e. The van der Waals surface area contributed by atoms with E-state index in [-0.39, 0.29) is 17.7 Å². The number of nitrogens with zero attached hydrogens (tertiary/aromatic N) is 1. The number of nitrogens with one attached hydrogen (secondary N) is 1. The fraction of sp³-hybridized carbons (Fsp3) is 0.273. The van der Waals surface area contributed by atoms with Gasteiger partial charge in [-0.1, -0.05) is 26.0 Å². The molecule has 3 aromatic rings. The molecule has 0 radical (unpaired) electrons. The van der Waals surface area contributed by atoms with Gasteiger partial charge in [-0.15, -0.1) is 0 Å². The Bertz CT molecular complexity index is 1000. The number of carbonyl (C=O) groups excluding carboxylic acids is 2. The minimum atomic E-state index is -0.114. The van der Waals surface area contributed by atoms with Gasteiger partial charge in [0.1, 0.15) is 11.5 Å². The van der Waals surface area contributed by atoms with Gasteiger partial charge >= 0.3 is 0 Å². The summed E-state index contributed by atoms with van der Waals surface area (Å²) in [6, 6.07) is 13.0. The number of carbonyl (C=O) groups is 2.